The van der Waals surface area contributed by atoms with Gasteiger partial charge >= 0.3 is 0 Å². The van der Waals surface area contributed by atoms with Crippen LogP contribution in [-0.4, -0.2) is 5.78 Å². The first-order valence-electron chi connectivity index (χ1n) is 5.66. The lowest BCUT2D eigenvalue weighted by Gasteiger charge is -2.22. The molecule has 0 radical (unpaired) electrons. The van der Waals surface area contributed by atoms with Crippen molar-refractivity contribution in [1.29, 1.82) is 0 Å². The predicted molar refractivity (Wildman–Crippen MR) is 55.6 cm³/mol. The van der Waals surface area contributed by atoms with E-state index in [2.05, 4.69) is 13.8 Å². The maximum absolute atomic E-state index is 11.3. The molecule has 13 heavy (non-hydrogen) atoms. The molecule has 0 saturated heterocycles. The van der Waals surface area contributed by atoms with E-state index < -0.39 is 0 Å². The summed E-state index contributed by atoms with van der Waals surface area (Å²) in [4.78, 5) is 11.3. The van der Waals surface area contributed by atoms with E-state index in [1.165, 1.54) is 19.3 Å². The van der Waals surface area contributed by atoms with E-state index in [9.17, 15) is 4.79 Å². The summed E-state index contributed by atoms with van der Waals surface area (Å²) in [6.45, 7) is 6.56. The van der Waals surface area contributed by atoms with E-state index in [-0.39, 0.29) is 0 Å². The van der Waals surface area contributed by atoms with Gasteiger partial charge in [-0.15, -0.1) is 0 Å². The van der Waals surface area contributed by atoms with E-state index in [0.717, 1.165) is 24.7 Å². The Morgan fingerprint density at radius 3 is 2.62 bits per heavy atom. The lowest BCUT2D eigenvalue weighted by molar-refractivity contribution is -0.120. The molecule has 0 amide bonds. The summed E-state index contributed by atoms with van der Waals surface area (Å²) in [5.74, 6) is 2.73. The highest BCUT2D eigenvalue weighted by Crippen LogP contribution is 2.38. The average molecular weight is 182 g/mol. The SMILES string of the molecule is CCC(=O)C[C@H]1CCC[C@@H]1C(C)C. The van der Waals surface area contributed by atoms with E-state index in [4.69, 9.17) is 0 Å². The van der Waals surface area contributed by atoms with Gasteiger partial charge in [0.25, 0.3) is 0 Å². The molecule has 0 aromatic heterocycles. The molecule has 0 aromatic carbocycles. The molecule has 1 aliphatic rings. The molecule has 2 atom stereocenters. The number of hydrogen-bond acceptors (Lipinski definition) is 1. The third kappa shape index (κ3) is 2.82. The summed E-state index contributed by atoms with van der Waals surface area (Å²) in [6.07, 6.45) is 5.54. The van der Waals surface area contributed by atoms with Gasteiger partial charge in [0.1, 0.15) is 5.78 Å². The summed E-state index contributed by atoms with van der Waals surface area (Å²) in [5.41, 5.74) is 0. The molecule has 76 valence electrons. The molecule has 0 aromatic rings. The molecule has 0 N–H and O–H groups in total. The molecule has 0 aliphatic heterocycles. The fourth-order valence-corrected chi connectivity index (χ4v) is 2.63. The van der Waals surface area contributed by atoms with E-state index in [1.54, 1.807) is 0 Å². The van der Waals surface area contributed by atoms with Crippen molar-refractivity contribution in [3.05, 3.63) is 0 Å². The molecule has 0 bridgehead atoms. The van der Waals surface area contributed by atoms with Crippen LogP contribution in [-0.2, 0) is 4.79 Å². The van der Waals surface area contributed by atoms with E-state index in [1.807, 2.05) is 6.92 Å². The van der Waals surface area contributed by atoms with Gasteiger partial charge < -0.3 is 0 Å². The monoisotopic (exact) mass is 182 g/mol. The van der Waals surface area contributed by atoms with Crippen molar-refractivity contribution in [3.8, 4) is 0 Å². The van der Waals surface area contributed by atoms with Crippen LogP contribution in [0, 0.1) is 17.8 Å². The minimum absolute atomic E-state index is 0.456. The van der Waals surface area contributed by atoms with Crippen LogP contribution in [0.5, 0.6) is 0 Å². The number of ketones is 1. The lowest BCUT2D eigenvalue weighted by atomic mass is 9.83. The van der Waals surface area contributed by atoms with Crippen LogP contribution in [0.15, 0.2) is 0 Å². The summed E-state index contributed by atoms with van der Waals surface area (Å²) in [5, 5.41) is 0. The number of carbonyl (C=O) groups excluding carboxylic acids is 1. The third-order valence-electron chi connectivity index (χ3n) is 3.46. The highest BCUT2D eigenvalue weighted by Gasteiger charge is 2.30. The van der Waals surface area contributed by atoms with Gasteiger partial charge in [0.2, 0.25) is 0 Å². The maximum atomic E-state index is 11.3. The molecule has 0 unspecified atom stereocenters. The van der Waals surface area contributed by atoms with Crippen LogP contribution >= 0.6 is 0 Å². The minimum Gasteiger partial charge on any atom is -0.300 e. The summed E-state index contributed by atoms with van der Waals surface area (Å²) in [6, 6.07) is 0. The van der Waals surface area contributed by atoms with Crippen LogP contribution in [0.2, 0.25) is 0 Å². The number of carbonyl (C=O) groups is 1. The van der Waals surface area contributed by atoms with Crippen molar-refractivity contribution in [1.82, 2.24) is 0 Å². The van der Waals surface area contributed by atoms with Gasteiger partial charge in [-0.25, -0.2) is 0 Å². The van der Waals surface area contributed by atoms with Gasteiger partial charge in [-0.2, -0.15) is 0 Å². The van der Waals surface area contributed by atoms with Crippen LogP contribution in [0.3, 0.4) is 0 Å². The highest BCUT2D eigenvalue weighted by molar-refractivity contribution is 5.78. The molecule has 1 saturated carbocycles. The molecule has 1 aliphatic carbocycles. The largest absolute Gasteiger partial charge is 0.300 e. The second kappa shape index (κ2) is 4.78. The van der Waals surface area contributed by atoms with Crippen LogP contribution < -0.4 is 0 Å². The Kier molecular flexibility index (Phi) is 3.95. The number of hydrogen-bond donors (Lipinski definition) is 0. The zero-order valence-electron chi connectivity index (χ0n) is 9.18. The molecule has 1 nitrogen and oxygen atoms in total. The Bertz CT molecular complexity index is 172. The van der Waals surface area contributed by atoms with Crippen molar-refractivity contribution in [2.24, 2.45) is 17.8 Å². The zero-order chi connectivity index (χ0) is 9.84. The Labute approximate surface area is 81.9 Å². The number of rotatable bonds is 4. The molecule has 1 heteroatoms. The lowest BCUT2D eigenvalue weighted by Crippen LogP contribution is -2.17. The first-order valence-corrected chi connectivity index (χ1v) is 5.66. The van der Waals surface area contributed by atoms with Gasteiger partial charge in [0.05, 0.1) is 0 Å². The second-order valence-corrected chi connectivity index (χ2v) is 4.70. The Hall–Kier alpha value is -0.330. The van der Waals surface area contributed by atoms with Crippen molar-refractivity contribution in [2.45, 2.75) is 52.9 Å². The van der Waals surface area contributed by atoms with Gasteiger partial charge in [-0.3, -0.25) is 4.79 Å². The van der Waals surface area contributed by atoms with Gasteiger partial charge in [-0.05, 0) is 30.6 Å². The first kappa shape index (κ1) is 10.7. The molecule has 0 spiro atoms. The molecule has 0 heterocycles. The molecule has 1 rings (SSSR count). The van der Waals surface area contributed by atoms with Crippen molar-refractivity contribution in [3.63, 3.8) is 0 Å². The summed E-state index contributed by atoms with van der Waals surface area (Å²) in [7, 11) is 0. The van der Waals surface area contributed by atoms with Crippen molar-refractivity contribution < 1.29 is 4.79 Å². The highest BCUT2D eigenvalue weighted by atomic mass is 16.1. The van der Waals surface area contributed by atoms with Crippen LogP contribution in [0.25, 0.3) is 0 Å². The smallest absolute Gasteiger partial charge is 0.132 e. The summed E-state index contributed by atoms with van der Waals surface area (Å²) < 4.78 is 0. The Morgan fingerprint density at radius 1 is 1.38 bits per heavy atom. The van der Waals surface area contributed by atoms with Crippen molar-refractivity contribution in [2.75, 3.05) is 0 Å². The third-order valence-corrected chi connectivity index (χ3v) is 3.46. The number of Topliss-reactive ketones (excluding diaryl/α,β-unsaturated/α-hetero) is 1. The topological polar surface area (TPSA) is 17.1 Å². The molecular formula is C12H22O. The standard InChI is InChI=1S/C12H22O/c1-4-11(13)8-10-6-5-7-12(10)9(2)3/h9-10,12H,4-8H2,1-3H3/t10-,12-/m1/s1. The van der Waals surface area contributed by atoms with Crippen LogP contribution in [0.4, 0.5) is 0 Å². The fourth-order valence-electron chi connectivity index (χ4n) is 2.63. The van der Waals surface area contributed by atoms with E-state index in [0.29, 0.717) is 11.7 Å². The average Bonchev–Trinajstić information content (AvgIpc) is 2.52. The molecular weight excluding hydrogens is 160 g/mol. The quantitative estimate of drug-likeness (QED) is 0.651. The van der Waals surface area contributed by atoms with Gasteiger partial charge in [0, 0.05) is 12.8 Å². The maximum Gasteiger partial charge on any atom is 0.132 e. The minimum atomic E-state index is 0.456. The van der Waals surface area contributed by atoms with E-state index >= 15 is 0 Å². The second-order valence-electron chi connectivity index (χ2n) is 4.70. The Morgan fingerprint density at radius 2 is 2.08 bits per heavy atom. The van der Waals surface area contributed by atoms with Crippen molar-refractivity contribution >= 4 is 5.78 Å². The van der Waals surface area contributed by atoms with Crippen LogP contribution in [0.1, 0.15) is 52.9 Å². The molecule has 1 fully saturated rings. The first-order chi connectivity index (χ1) is 6.15. The fraction of sp³-hybridized carbons (Fsp3) is 0.917. The predicted octanol–water partition coefficient (Wildman–Crippen LogP) is 3.43. The normalized spacial score (nSPS) is 28.3. The zero-order valence-corrected chi connectivity index (χ0v) is 9.18. The summed E-state index contributed by atoms with van der Waals surface area (Å²) >= 11 is 0. The Balaban J connectivity index is 2.44. The van der Waals surface area contributed by atoms with Gasteiger partial charge in [0.15, 0.2) is 0 Å². The van der Waals surface area contributed by atoms with Gasteiger partial charge in [-0.1, -0.05) is 27.2 Å².